The molecule has 1 saturated carbocycles. The van der Waals surface area contributed by atoms with Gasteiger partial charge in [-0.1, -0.05) is 51.7 Å². The Kier molecular flexibility index (Phi) is 9.81. The van der Waals surface area contributed by atoms with Gasteiger partial charge in [-0.05, 0) is 61.8 Å². The second-order valence-corrected chi connectivity index (χ2v) is 7.68. The first kappa shape index (κ1) is 22.2. The van der Waals surface area contributed by atoms with Crippen molar-refractivity contribution in [1.29, 1.82) is 0 Å². The van der Waals surface area contributed by atoms with Crippen molar-refractivity contribution in [1.82, 2.24) is 0 Å². The van der Waals surface area contributed by atoms with E-state index in [1.54, 1.807) is 18.2 Å². The molecule has 4 heteroatoms. The molecule has 1 aromatic rings. The van der Waals surface area contributed by atoms with Crippen LogP contribution in [0.25, 0.3) is 6.08 Å². The van der Waals surface area contributed by atoms with Crippen molar-refractivity contribution in [2.45, 2.75) is 71.6 Å². The van der Waals surface area contributed by atoms with Crippen LogP contribution in [-0.2, 0) is 14.3 Å². The standard InChI is InChI=1S/C24H34O4/c1-3-5-6-7-18-27-23(25)17-12-20-10-15-22(16-11-20)28-24(26)21-13-8-19(4-2)9-14-21/h10-12,15-17,19,21H,3-9,13-14,18H2,1-2H3. The maximum Gasteiger partial charge on any atom is 0.330 e. The van der Waals surface area contributed by atoms with Gasteiger partial charge in [0.15, 0.2) is 0 Å². The molecule has 1 aromatic carbocycles. The van der Waals surface area contributed by atoms with Crippen molar-refractivity contribution in [2.24, 2.45) is 11.8 Å². The number of ether oxygens (including phenoxy) is 2. The van der Waals surface area contributed by atoms with Crippen molar-refractivity contribution in [3.8, 4) is 5.75 Å². The van der Waals surface area contributed by atoms with Gasteiger partial charge in [0.2, 0.25) is 0 Å². The van der Waals surface area contributed by atoms with E-state index in [9.17, 15) is 9.59 Å². The zero-order valence-electron chi connectivity index (χ0n) is 17.3. The van der Waals surface area contributed by atoms with Crippen LogP contribution in [0.5, 0.6) is 5.75 Å². The average molecular weight is 387 g/mol. The molecular formula is C24H34O4. The molecule has 1 fully saturated rings. The molecule has 1 aliphatic rings. The number of hydrogen-bond donors (Lipinski definition) is 0. The molecule has 0 spiro atoms. The van der Waals surface area contributed by atoms with E-state index >= 15 is 0 Å². The number of carbonyl (C=O) groups excluding carboxylic acids is 2. The van der Waals surface area contributed by atoms with Gasteiger partial charge < -0.3 is 9.47 Å². The zero-order chi connectivity index (χ0) is 20.2. The van der Waals surface area contributed by atoms with E-state index in [1.807, 2.05) is 12.1 Å². The number of hydrogen-bond acceptors (Lipinski definition) is 4. The van der Waals surface area contributed by atoms with Gasteiger partial charge in [0.25, 0.3) is 0 Å². The number of unbranched alkanes of at least 4 members (excludes halogenated alkanes) is 3. The highest BCUT2D eigenvalue weighted by atomic mass is 16.5. The maximum atomic E-state index is 12.3. The lowest BCUT2D eigenvalue weighted by Gasteiger charge is -2.26. The molecule has 0 radical (unpaired) electrons. The molecule has 1 aliphatic carbocycles. The summed E-state index contributed by atoms with van der Waals surface area (Å²) in [5.74, 6) is 0.894. The van der Waals surface area contributed by atoms with Crippen LogP contribution in [0.3, 0.4) is 0 Å². The largest absolute Gasteiger partial charge is 0.463 e. The Morgan fingerprint density at radius 3 is 2.36 bits per heavy atom. The third-order valence-electron chi connectivity index (χ3n) is 5.51. The first-order chi connectivity index (χ1) is 13.6. The van der Waals surface area contributed by atoms with Gasteiger partial charge in [0.05, 0.1) is 12.5 Å². The fraction of sp³-hybridized carbons (Fsp3) is 0.583. The molecule has 28 heavy (non-hydrogen) atoms. The second kappa shape index (κ2) is 12.4. The lowest BCUT2D eigenvalue weighted by atomic mass is 9.81. The Bertz CT molecular complexity index is 625. The summed E-state index contributed by atoms with van der Waals surface area (Å²) in [5, 5.41) is 0. The van der Waals surface area contributed by atoms with Gasteiger partial charge in [0.1, 0.15) is 5.75 Å². The highest BCUT2D eigenvalue weighted by Crippen LogP contribution is 2.31. The van der Waals surface area contributed by atoms with Crippen LogP contribution in [0, 0.1) is 11.8 Å². The minimum atomic E-state index is -0.324. The molecule has 0 saturated heterocycles. The summed E-state index contributed by atoms with van der Waals surface area (Å²) in [4.78, 5) is 24.0. The SMILES string of the molecule is CCCCCCOC(=O)C=Cc1ccc(OC(=O)C2CCC(CC)CC2)cc1. The monoisotopic (exact) mass is 386 g/mol. The lowest BCUT2D eigenvalue weighted by Crippen LogP contribution is -2.25. The van der Waals surface area contributed by atoms with E-state index in [4.69, 9.17) is 9.47 Å². The van der Waals surface area contributed by atoms with Gasteiger partial charge in [-0.2, -0.15) is 0 Å². The lowest BCUT2D eigenvalue weighted by molar-refractivity contribution is -0.140. The Morgan fingerprint density at radius 1 is 1.00 bits per heavy atom. The normalized spacial score (nSPS) is 19.5. The third kappa shape index (κ3) is 7.87. The predicted octanol–water partition coefficient (Wildman–Crippen LogP) is 5.95. The molecule has 0 amide bonds. The van der Waals surface area contributed by atoms with Gasteiger partial charge in [0, 0.05) is 6.08 Å². The molecular weight excluding hydrogens is 352 g/mol. The summed E-state index contributed by atoms with van der Waals surface area (Å²) in [6.45, 7) is 4.84. The summed E-state index contributed by atoms with van der Waals surface area (Å²) in [5.41, 5.74) is 0.867. The van der Waals surface area contributed by atoms with Crippen LogP contribution in [0.2, 0.25) is 0 Å². The van der Waals surface area contributed by atoms with Crippen LogP contribution >= 0.6 is 0 Å². The zero-order valence-corrected chi connectivity index (χ0v) is 17.3. The molecule has 0 unspecified atom stereocenters. The Balaban J connectivity index is 1.73. The van der Waals surface area contributed by atoms with Gasteiger partial charge in [-0.15, -0.1) is 0 Å². The summed E-state index contributed by atoms with van der Waals surface area (Å²) in [6, 6.07) is 7.21. The fourth-order valence-corrected chi connectivity index (χ4v) is 3.57. The van der Waals surface area contributed by atoms with Crippen molar-refractivity contribution in [3.05, 3.63) is 35.9 Å². The first-order valence-corrected chi connectivity index (χ1v) is 10.8. The number of rotatable bonds is 10. The third-order valence-corrected chi connectivity index (χ3v) is 5.51. The predicted molar refractivity (Wildman–Crippen MR) is 112 cm³/mol. The van der Waals surface area contributed by atoms with Crippen molar-refractivity contribution in [3.63, 3.8) is 0 Å². The summed E-state index contributed by atoms with van der Waals surface area (Å²) in [7, 11) is 0. The minimum Gasteiger partial charge on any atom is -0.463 e. The van der Waals surface area contributed by atoms with Gasteiger partial charge in [-0.25, -0.2) is 4.79 Å². The summed E-state index contributed by atoms with van der Waals surface area (Å²) in [6.07, 6.45) is 12.8. The number of esters is 2. The van der Waals surface area contributed by atoms with E-state index in [0.717, 1.165) is 50.0 Å². The van der Waals surface area contributed by atoms with Crippen LogP contribution < -0.4 is 4.74 Å². The molecule has 0 aliphatic heterocycles. The van der Waals surface area contributed by atoms with Crippen molar-refractivity contribution >= 4 is 18.0 Å². The fourth-order valence-electron chi connectivity index (χ4n) is 3.57. The maximum absolute atomic E-state index is 12.3. The average Bonchev–Trinajstić information content (AvgIpc) is 2.73. The van der Waals surface area contributed by atoms with E-state index in [-0.39, 0.29) is 17.9 Å². The summed E-state index contributed by atoms with van der Waals surface area (Å²) < 4.78 is 10.7. The quantitative estimate of drug-likeness (QED) is 0.216. The Labute approximate surface area is 169 Å². The molecule has 0 aromatic heterocycles. The van der Waals surface area contributed by atoms with Crippen LogP contribution in [0.1, 0.15) is 77.2 Å². The van der Waals surface area contributed by atoms with E-state index in [2.05, 4.69) is 13.8 Å². The molecule has 0 bridgehead atoms. The second-order valence-electron chi connectivity index (χ2n) is 7.68. The Morgan fingerprint density at radius 2 is 1.71 bits per heavy atom. The molecule has 2 rings (SSSR count). The molecule has 0 atom stereocenters. The number of benzene rings is 1. The van der Waals surface area contributed by atoms with Crippen LogP contribution in [0.15, 0.2) is 30.3 Å². The first-order valence-electron chi connectivity index (χ1n) is 10.8. The van der Waals surface area contributed by atoms with E-state index < -0.39 is 0 Å². The molecule has 154 valence electrons. The molecule has 0 N–H and O–H groups in total. The highest BCUT2D eigenvalue weighted by molar-refractivity contribution is 5.87. The highest BCUT2D eigenvalue weighted by Gasteiger charge is 2.26. The van der Waals surface area contributed by atoms with Crippen LogP contribution in [-0.4, -0.2) is 18.5 Å². The Hall–Kier alpha value is -2.10. The van der Waals surface area contributed by atoms with E-state index in [1.165, 1.54) is 25.3 Å². The van der Waals surface area contributed by atoms with Crippen molar-refractivity contribution < 1.29 is 19.1 Å². The number of carbonyl (C=O) groups is 2. The van der Waals surface area contributed by atoms with Crippen LogP contribution in [0.4, 0.5) is 0 Å². The topological polar surface area (TPSA) is 52.6 Å². The smallest absolute Gasteiger partial charge is 0.330 e. The van der Waals surface area contributed by atoms with Gasteiger partial charge in [-0.3, -0.25) is 4.79 Å². The van der Waals surface area contributed by atoms with E-state index in [0.29, 0.717) is 12.4 Å². The molecule has 4 nitrogen and oxygen atoms in total. The minimum absolute atomic E-state index is 0.0227. The summed E-state index contributed by atoms with van der Waals surface area (Å²) >= 11 is 0. The van der Waals surface area contributed by atoms with Crippen molar-refractivity contribution in [2.75, 3.05) is 6.61 Å². The van der Waals surface area contributed by atoms with Gasteiger partial charge >= 0.3 is 11.9 Å². The molecule has 0 heterocycles.